The van der Waals surface area contributed by atoms with Gasteiger partial charge in [-0.1, -0.05) is 17.7 Å². The largest absolute Gasteiger partial charge is 0.573 e. The highest BCUT2D eigenvalue weighted by Crippen LogP contribution is 2.31. The Bertz CT molecular complexity index is 615. The predicted molar refractivity (Wildman–Crippen MR) is 72.5 cm³/mol. The average molecular weight is 318 g/mol. The molecule has 0 fully saturated rings. The zero-order valence-electron chi connectivity index (χ0n) is 10.7. The summed E-state index contributed by atoms with van der Waals surface area (Å²) in [5, 5.41) is 0.465. The molecule has 0 aromatic heterocycles. The molecule has 0 amide bonds. The minimum Gasteiger partial charge on any atom is -0.457 e. The van der Waals surface area contributed by atoms with E-state index >= 15 is 0 Å². The predicted octanol–water partition coefficient (Wildman–Crippen LogP) is 4.49. The van der Waals surface area contributed by atoms with Crippen LogP contribution in [0.15, 0.2) is 42.5 Å². The van der Waals surface area contributed by atoms with E-state index in [1.165, 1.54) is 12.1 Å². The Morgan fingerprint density at radius 3 is 2.19 bits per heavy atom. The van der Waals surface area contributed by atoms with Crippen LogP contribution in [0.4, 0.5) is 13.2 Å². The molecule has 0 radical (unpaired) electrons. The summed E-state index contributed by atoms with van der Waals surface area (Å²) in [6, 6.07) is 10.1. The van der Waals surface area contributed by atoms with Crippen LogP contribution in [0.2, 0.25) is 5.02 Å². The molecule has 0 heterocycles. The Morgan fingerprint density at radius 1 is 1.00 bits per heavy atom. The van der Waals surface area contributed by atoms with Gasteiger partial charge in [-0.2, -0.15) is 0 Å². The lowest BCUT2D eigenvalue weighted by Crippen LogP contribution is -2.16. The molecule has 21 heavy (non-hydrogen) atoms. The SMILES string of the molecule is NCc1c(Cl)cccc1Oc1ccc(OC(F)(F)F)cc1. The van der Waals surface area contributed by atoms with Crippen molar-refractivity contribution in [2.45, 2.75) is 12.9 Å². The van der Waals surface area contributed by atoms with E-state index in [-0.39, 0.29) is 12.3 Å². The van der Waals surface area contributed by atoms with Gasteiger partial charge in [0.25, 0.3) is 0 Å². The molecule has 3 nitrogen and oxygen atoms in total. The van der Waals surface area contributed by atoms with Gasteiger partial charge in [0.1, 0.15) is 17.2 Å². The van der Waals surface area contributed by atoms with Crippen LogP contribution < -0.4 is 15.2 Å². The third-order valence-corrected chi connectivity index (χ3v) is 2.92. The first-order valence-corrected chi connectivity index (χ1v) is 6.28. The Morgan fingerprint density at radius 2 is 1.62 bits per heavy atom. The van der Waals surface area contributed by atoms with E-state index in [1.54, 1.807) is 18.2 Å². The lowest BCUT2D eigenvalue weighted by molar-refractivity contribution is -0.274. The molecule has 7 heteroatoms. The van der Waals surface area contributed by atoms with Crippen molar-refractivity contribution in [1.82, 2.24) is 0 Å². The molecule has 0 aliphatic heterocycles. The minimum atomic E-state index is -4.72. The maximum absolute atomic E-state index is 12.0. The first kappa shape index (κ1) is 15.5. The molecule has 0 aliphatic carbocycles. The summed E-state index contributed by atoms with van der Waals surface area (Å²) in [4.78, 5) is 0. The van der Waals surface area contributed by atoms with E-state index in [2.05, 4.69) is 4.74 Å². The maximum Gasteiger partial charge on any atom is 0.573 e. The van der Waals surface area contributed by atoms with Crippen molar-refractivity contribution in [2.24, 2.45) is 5.73 Å². The van der Waals surface area contributed by atoms with Crippen molar-refractivity contribution in [1.29, 1.82) is 0 Å². The fraction of sp³-hybridized carbons (Fsp3) is 0.143. The summed E-state index contributed by atoms with van der Waals surface area (Å²) in [6.07, 6.45) is -4.72. The number of alkyl halides is 3. The third-order valence-electron chi connectivity index (χ3n) is 2.57. The van der Waals surface area contributed by atoms with Crippen LogP contribution in [0, 0.1) is 0 Å². The van der Waals surface area contributed by atoms with Gasteiger partial charge in [-0.3, -0.25) is 0 Å². The van der Waals surface area contributed by atoms with Gasteiger partial charge < -0.3 is 15.2 Å². The summed E-state index contributed by atoms with van der Waals surface area (Å²) in [5.74, 6) is 0.482. The number of halogens is 4. The van der Waals surface area contributed by atoms with Crippen molar-refractivity contribution in [3.8, 4) is 17.2 Å². The van der Waals surface area contributed by atoms with Crippen LogP contribution in [-0.2, 0) is 6.54 Å². The van der Waals surface area contributed by atoms with E-state index in [9.17, 15) is 13.2 Å². The molecule has 0 unspecified atom stereocenters. The zero-order chi connectivity index (χ0) is 15.5. The van der Waals surface area contributed by atoms with E-state index < -0.39 is 6.36 Å². The topological polar surface area (TPSA) is 44.5 Å². The number of rotatable bonds is 4. The highest BCUT2D eigenvalue weighted by molar-refractivity contribution is 6.31. The van der Waals surface area contributed by atoms with E-state index in [0.29, 0.717) is 22.1 Å². The number of benzene rings is 2. The van der Waals surface area contributed by atoms with E-state index in [1.807, 2.05) is 0 Å². The van der Waals surface area contributed by atoms with Crippen LogP contribution >= 0.6 is 11.6 Å². The lowest BCUT2D eigenvalue weighted by Gasteiger charge is -2.12. The Labute approximate surface area is 124 Å². The smallest absolute Gasteiger partial charge is 0.457 e. The summed E-state index contributed by atoms with van der Waals surface area (Å²) >= 11 is 5.99. The fourth-order valence-electron chi connectivity index (χ4n) is 1.67. The summed E-state index contributed by atoms with van der Waals surface area (Å²) < 4.78 is 45.5. The minimum absolute atomic E-state index is 0.185. The maximum atomic E-state index is 12.0. The van der Waals surface area contributed by atoms with Gasteiger partial charge in [0.05, 0.1) is 0 Å². The molecule has 2 rings (SSSR count). The van der Waals surface area contributed by atoms with Crippen molar-refractivity contribution >= 4 is 11.6 Å². The summed E-state index contributed by atoms with van der Waals surface area (Å²) in [5.41, 5.74) is 6.21. The Hall–Kier alpha value is -1.92. The standard InChI is InChI=1S/C14H11ClF3NO2/c15-12-2-1-3-13(11(12)8-19)20-9-4-6-10(7-5-9)21-14(16,17)18/h1-7H,8,19H2. The molecule has 2 aromatic rings. The number of nitrogens with two attached hydrogens (primary N) is 1. The molecular formula is C14H11ClF3NO2. The molecule has 2 aromatic carbocycles. The Kier molecular flexibility index (Phi) is 4.59. The molecule has 0 atom stereocenters. The molecule has 112 valence electrons. The highest BCUT2D eigenvalue weighted by Gasteiger charge is 2.30. The van der Waals surface area contributed by atoms with Crippen LogP contribution in [0.5, 0.6) is 17.2 Å². The summed E-state index contributed by atoms with van der Waals surface area (Å²) in [6.45, 7) is 0.185. The normalized spacial score (nSPS) is 11.3. The molecule has 0 saturated heterocycles. The molecule has 0 spiro atoms. The van der Waals surface area contributed by atoms with Crippen LogP contribution in [-0.4, -0.2) is 6.36 Å². The molecule has 0 saturated carbocycles. The first-order chi connectivity index (χ1) is 9.89. The quantitative estimate of drug-likeness (QED) is 0.903. The lowest BCUT2D eigenvalue weighted by atomic mass is 10.2. The van der Waals surface area contributed by atoms with Gasteiger partial charge in [-0.05, 0) is 36.4 Å². The van der Waals surface area contributed by atoms with Crippen LogP contribution in [0.1, 0.15) is 5.56 Å². The van der Waals surface area contributed by atoms with E-state index in [4.69, 9.17) is 22.1 Å². The van der Waals surface area contributed by atoms with Gasteiger partial charge in [0, 0.05) is 17.1 Å². The zero-order valence-corrected chi connectivity index (χ0v) is 11.4. The first-order valence-electron chi connectivity index (χ1n) is 5.90. The second-order valence-corrected chi connectivity index (χ2v) is 4.45. The number of ether oxygens (including phenoxy) is 2. The average Bonchev–Trinajstić information content (AvgIpc) is 2.40. The fourth-order valence-corrected chi connectivity index (χ4v) is 1.91. The van der Waals surface area contributed by atoms with Gasteiger partial charge in [0.2, 0.25) is 0 Å². The molecule has 0 aliphatic rings. The second kappa shape index (κ2) is 6.24. The highest BCUT2D eigenvalue weighted by atomic mass is 35.5. The van der Waals surface area contributed by atoms with Gasteiger partial charge in [-0.15, -0.1) is 13.2 Å². The van der Waals surface area contributed by atoms with Gasteiger partial charge in [0.15, 0.2) is 0 Å². The molecular weight excluding hydrogens is 307 g/mol. The molecule has 2 N–H and O–H groups in total. The molecule has 0 bridgehead atoms. The number of hydrogen-bond acceptors (Lipinski definition) is 3. The van der Waals surface area contributed by atoms with Gasteiger partial charge in [-0.25, -0.2) is 0 Å². The van der Waals surface area contributed by atoms with Crippen molar-refractivity contribution in [3.63, 3.8) is 0 Å². The van der Waals surface area contributed by atoms with Crippen LogP contribution in [0.3, 0.4) is 0 Å². The summed E-state index contributed by atoms with van der Waals surface area (Å²) in [7, 11) is 0. The van der Waals surface area contributed by atoms with E-state index in [0.717, 1.165) is 12.1 Å². The van der Waals surface area contributed by atoms with Gasteiger partial charge >= 0.3 is 6.36 Å². The third kappa shape index (κ3) is 4.27. The van der Waals surface area contributed by atoms with Crippen molar-refractivity contribution < 1.29 is 22.6 Å². The van der Waals surface area contributed by atoms with Crippen LogP contribution in [0.25, 0.3) is 0 Å². The second-order valence-electron chi connectivity index (χ2n) is 4.04. The number of hydrogen-bond donors (Lipinski definition) is 1. The van der Waals surface area contributed by atoms with Crippen molar-refractivity contribution in [2.75, 3.05) is 0 Å². The van der Waals surface area contributed by atoms with Crippen molar-refractivity contribution in [3.05, 3.63) is 53.1 Å². The monoisotopic (exact) mass is 317 g/mol. The Balaban J connectivity index is 2.16.